The van der Waals surface area contributed by atoms with Gasteiger partial charge in [0.15, 0.2) is 0 Å². The highest BCUT2D eigenvalue weighted by Gasteiger charge is 2.16. The fourth-order valence-corrected chi connectivity index (χ4v) is 3.65. The molecule has 0 aliphatic heterocycles. The van der Waals surface area contributed by atoms with Gasteiger partial charge in [-0.2, -0.15) is 0 Å². The summed E-state index contributed by atoms with van der Waals surface area (Å²) in [5, 5.41) is 4.46. The Morgan fingerprint density at radius 2 is 1.67 bits per heavy atom. The molecule has 0 radical (unpaired) electrons. The molecule has 1 amide bonds. The Balaban J connectivity index is 1.61. The fraction of sp³-hybridized carbons (Fsp3) is 0.250. The Morgan fingerprint density at radius 3 is 2.40 bits per heavy atom. The summed E-state index contributed by atoms with van der Waals surface area (Å²) in [6.45, 7) is 7.40. The Labute approximate surface area is 172 Å². The van der Waals surface area contributed by atoms with Crippen molar-refractivity contribution in [3.05, 3.63) is 74.6 Å². The number of benzene rings is 2. The van der Waals surface area contributed by atoms with Gasteiger partial charge in [-0.25, -0.2) is 9.18 Å². The molecule has 5 nitrogen and oxygen atoms in total. The number of hydrogen-bond acceptors (Lipinski definition) is 4. The van der Waals surface area contributed by atoms with Crippen LogP contribution in [0.4, 0.5) is 10.1 Å². The molecule has 2 aromatic heterocycles. The molecule has 0 fully saturated rings. The van der Waals surface area contributed by atoms with E-state index in [0.717, 1.165) is 27.7 Å². The van der Waals surface area contributed by atoms with Crippen LogP contribution in [0.2, 0.25) is 0 Å². The average Bonchev–Trinajstić information content (AvgIpc) is 2.96. The van der Waals surface area contributed by atoms with Gasteiger partial charge >= 0.3 is 5.63 Å². The monoisotopic (exact) mass is 407 g/mol. The second-order valence-electron chi connectivity index (χ2n) is 7.63. The van der Waals surface area contributed by atoms with Crippen molar-refractivity contribution in [3.63, 3.8) is 0 Å². The number of halogens is 1. The van der Waals surface area contributed by atoms with Gasteiger partial charge in [-0.05, 0) is 69.0 Å². The molecule has 4 aromatic rings. The predicted octanol–water partition coefficient (Wildman–Crippen LogP) is 5.48. The van der Waals surface area contributed by atoms with Crippen molar-refractivity contribution in [2.24, 2.45) is 0 Å². The van der Waals surface area contributed by atoms with Crippen LogP contribution < -0.4 is 10.9 Å². The quantitative estimate of drug-likeness (QED) is 0.455. The average molecular weight is 407 g/mol. The smallest absolute Gasteiger partial charge is 0.339 e. The summed E-state index contributed by atoms with van der Waals surface area (Å²) in [4.78, 5) is 24.8. The number of hydrogen-bond donors (Lipinski definition) is 1. The van der Waals surface area contributed by atoms with E-state index in [4.69, 9.17) is 8.83 Å². The summed E-state index contributed by atoms with van der Waals surface area (Å²) in [7, 11) is 0. The summed E-state index contributed by atoms with van der Waals surface area (Å²) in [6, 6.07) is 8.23. The molecule has 4 rings (SSSR count). The summed E-state index contributed by atoms with van der Waals surface area (Å²) >= 11 is 0. The molecule has 6 heteroatoms. The molecule has 0 bridgehead atoms. The zero-order valence-corrected chi connectivity index (χ0v) is 17.3. The highest BCUT2D eigenvalue weighted by atomic mass is 19.1. The third-order valence-corrected chi connectivity index (χ3v) is 5.64. The van der Waals surface area contributed by atoms with Crippen LogP contribution in [0.3, 0.4) is 0 Å². The van der Waals surface area contributed by atoms with Crippen molar-refractivity contribution in [1.29, 1.82) is 0 Å². The lowest BCUT2D eigenvalue weighted by molar-refractivity contribution is -0.116. The van der Waals surface area contributed by atoms with E-state index >= 15 is 0 Å². The number of carbonyl (C=O) groups is 1. The minimum Gasteiger partial charge on any atom is -0.461 e. The topological polar surface area (TPSA) is 72.5 Å². The fourth-order valence-electron chi connectivity index (χ4n) is 3.65. The standard InChI is InChI=1S/C24H22FNO4/c1-12-5-6-16(9-20(12)25)26-23(27)8-7-17-14(3)19-10-18-13(2)15(4)29-21(18)11-22(19)30-24(17)28/h5-6,9-11H,7-8H2,1-4H3,(H,26,27). The second kappa shape index (κ2) is 7.44. The van der Waals surface area contributed by atoms with E-state index < -0.39 is 5.63 Å². The normalized spacial score (nSPS) is 11.4. The number of nitrogens with one attached hydrogen (secondary N) is 1. The van der Waals surface area contributed by atoms with Gasteiger partial charge in [0.05, 0.1) is 0 Å². The zero-order valence-electron chi connectivity index (χ0n) is 17.3. The Morgan fingerprint density at radius 1 is 0.967 bits per heavy atom. The first-order chi connectivity index (χ1) is 14.2. The van der Waals surface area contributed by atoms with Crippen molar-refractivity contribution in [1.82, 2.24) is 0 Å². The van der Waals surface area contributed by atoms with Crippen LogP contribution in [0.15, 0.2) is 44.0 Å². The van der Waals surface area contributed by atoms with Crippen molar-refractivity contribution in [2.45, 2.75) is 40.5 Å². The van der Waals surface area contributed by atoms with Crippen LogP contribution in [-0.4, -0.2) is 5.91 Å². The van der Waals surface area contributed by atoms with Gasteiger partial charge in [0, 0.05) is 34.5 Å². The third kappa shape index (κ3) is 3.49. The summed E-state index contributed by atoms with van der Waals surface area (Å²) in [5.74, 6) is 0.147. The molecular weight excluding hydrogens is 385 g/mol. The van der Waals surface area contributed by atoms with Gasteiger partial charge in [-0.15, -0.1) is 0 Å². The van der Waals surface area contributed by atoms with Crippen molar-refractivity contribution < 1.29 is 18.0 Å². The molecule has 2 aromatic carbocycles. The molecule has 0 aliphatic rings. The van der Waals surface area contributed by atoms with Crippen molar-refractivity contribution in [3.8, 4) is 0 Å². The number of carbonyl (C=O) groups excluding carboxylic acids is 1. The maximum Gasteiger partial charge on any atom is 0.339 e. The maximum absolute atomic E-state index is 13.7. The summed E-state index contributed by atoms with van der Waals surface area (Å²) in [6.07, 6.45) is 0.310. The van der Waals surface area contributed by atoms with E-state index in [1.165, 1.54) is 6.07 Å². The van der Waals surface area contributed by atoms with E-state index in [-0.39, 0.29) is 24.6 Å². The number of aryl methyl sites for hydroxylation is 4. The molecule has 0 saturated carbocycles. The van der Waals surface area contributed by atoms with Gasteiger partial charge in [0.1, 0.15) is 22.7 Å². The first-order valence-electron chi connectivity index (χ1n) is 9.76. The SMILES string of the molecule is Cc1ccc(NC(=O)CCc2c(C)c3cc4c(C)c(C)oc4cc3oc2=O)cc1F. The molecule has 154 valence electrons. The number of anilines is 1. The summed E-state index contributed by atoms with van der Waals surface area (Å²) < 4.78 is 24.9. The highest BCUT2D eigenvalue weighted by Crippen LogP contribution is 2.31. The molecule has 0 aliphatic carbocycles. The molecule has 30 heavy (non-hydrogen) atoms. The van der Waals surface area contributed by atoms with Gasteiger partial charge in [0.25, 0.3) is 0 Å². The van der Waals surface area contributed by atoms with E-state index in [2.05, 4.69) is 5.32 Å². The van der Waals surface area contributed by atoms with Gasteiger partial charge in [-0.1, -0.05) is 6.07 Å². The molecule has 2 heterocycles. The second-order valence-corrected chi connectivity index (χ2v) is 7.63. The van der Waals surface area contributed by atoms with E-state index in [1.807, 2.05) is 26.8 Å². The highest BCUT2D eigenvalue weighted by molar-refractivity contribution is 5.97. The molecular formula is C24H22FNO4. The molecule has 0 atom stereocenters. The van der Waals surface area contributed by atoms with E-state index in [9.17, 15) is 14.0 Å². The third-order valence-electron chi connectivity index (χ3n) is 5.64. The van der Waals surface area contributed by atoms with Crippen molar-refractivity contribution >= 4 is 33.5 Å². The van der Waals surface area contributed by atoms with E-state index in [1.54, 1.807) is 25.1 Å². The number of amides is 1. The lowest BCUT2D eigenvalue weighted by Crippen LogP contribution is -2.16. The van der Waals surface area contributed by atoms with Crippen molar-refractivity contribution in [2.75, 3.05) is 5.32 Å². The Kier molecular flexibility index (Phi) is 4.94. The first-order valence-corrected chi connectivity index (χ1v) is 9.76. The zero-order chi connectivity index (χ0) is 21.6. The lowest BCUT2D eigenvalue weighted by Gasteiger charge is -2.09. The van der Waals surface area contributed by atoms with Crippen LogP contribution in [-0.2, 0) is 11.2 Å². The Hall–Kier alpha value is -3.41. The molecule has 0 spiro atoms. The van der Waals surface area contributed by atoms with Crippen LogP contribution in [0.5, 0.6) is 0 Å². The number of rotatable bonds is 4. The van der Waals surface area contributed by atoms with Crippen LogP contribution >= 0.6 is 0 Å². The van der Waals surface area contributed by atoms with Gasteiger partial charge in [-0.3, -0.25) is 4.79 Å². The minimum absolute atomic E-state index is 0.0820. The minimum atomic E-state index is -0.464. The molecule has 0 saturated heterocycles. The molecule has 0 unspecified atom stereocenters. The van der Waals surface area contributed by atoms with E-state index in [0.29, 0.717) is 28.0 Å². The summed E-state index contributed by atoms with van der Waals surface area (Å²) in [5.41, 5.74) is 3.87. The first kappa shape index (κ1) is 19.9. The van der Waals surface area contributed by atoms with Crippen LogP contribution in [0.25, 0.3) is 21.9 Å². The van der Waals surface area contributed by atoms with Crippen LogP contribution in [0, 0.1) is 33.5 Å². The Bertz CT molecular complexity index is 1360. The largest absolute Gasteiger partial charge is 0.461 e. The number of furan rings is 1. The number of fused-ring (bicyclic) bond motifs is 2. The lowest BCUT2D eigenvalue weighted by atomic mass is 10.0. The van der Waals surface area contributed by atoms with Gasteiger partial charge < -0.3 is 14.2 Å². The van der Waals surface area contributed by atoms with Crippen LogP contribution in [0.1, 0.15) is 34.4 Å². The maximum atomic E-state index is 13.7. The van der Waals surface area contributed by atoms with Gasteiger partial charge in [0.2, 0.25) is 5.91 Å². The molecule has 1 N–H and O–H groups in total. The predicted molar refractivity (Wildman–Crippen MR) is 115 cm³/mol.